The number of ether oxygens (including phenoxy) is 1. The van der Waals surface area contributed by atoms with Crippen molar-refractivity contribution in [2.75, 3.05) is 11.9 Å². The van der Waals surface area contributed by atoms with Crippen LogP contribution in [0.15, 0.2) is 42.5 Å². The van der Waals surface area contributed by atoms with Gasteiger partial charge < -0.3 is 10.1 Å². The third-order valence-electron chi connectivity index (χ3n) is 4.04. The summed E-state index contributed by atoms with van der Waals surface area (Å²) in [5.41, 5.74) is 1.46. The number of rotatable bonds is 6. The van der Waals surface area contributed by atoms with Crippen molar-refractivity contribution < 1.29 is 9.53 Å². The van der Waals surface area contributed by atoms with E-state index in [-0.39, 0.29) is 12.5 Å². The molecule has 7 nitrogen and oxygen atoms in total. The van der Waals surface area contributed by atoms with Gasteiger partial charge >= 0.3 is 0 Å². The summed E-state index contributed by atoms with van der Waals surface area (Å²) in [6.07, 6.45) is 2.16. The zero-order chi connectivity index (χ0) is 18.8. The Morgan fingerprint density at radius 3 is 2.89 bits per heavy atom. The molecule has 0 atom stereocenters. The van der Waals surface area contributed by atoms with Gasteiger partial charge in [-0.15, -0.1) is 5.10 Å². The average molecular weight is 404 g/mol. The standard InChI is InChI=1S/C18H15Cl2N5O2/c19-12-4-7-15(20)16(9-12)27-10-17(26)21-13-3-1-2-11(8-13)18-22-23-24-25(18)14-5-6-14/h1-4,7-9,14H,5-6,10H2,(H,21,26). The van der Waals surface area contributed by atoms with Crippen molar-refractivity contribution in [3.63, 3.8) is 0 Å². The molecule has 9 heteroatoms. The van der Waals surface area contributed by atoms with Crippen LogP contribution in [0.25, 0.3) is 11.4 Å². The van der Waals surface area contributed by atoms with Gasteiger partial charge in [0.25, 0.3) is 5.91 Å². The summed E-state index contributed by atoms with van der Waals surface area (Å²) < 4.78 is 7.27. The van der Waals surface area contributed by atoms with Gasteiger partial charge in [-0.3, -0.25) is 4.79 Å². The molecule has 1 amide bonds. The van der Waals surface area contributed by atoms with Gasteiger partial charge in [0.1, 0.15) is 5.75 Å². The summed E-state index contributed by atoms with van der Waals surface area (Å²) >= 11 is 11.9. The molecule has 0 unspecified atom stereocenters. The van der Waals surface area contributed by atoms with Crippen molar-refractivity contribution in [1.82, 2.24) is 20.2 Å². The largest absolute Gasteiger partial charge is 0.482 e. The molecule has 1 N–H and O–H groups in total. The van der Waals surface area contributed by atoms with Crippen molar-refractivity contribution in [3.8, 4) is 17.1 Å². The molecule has 0 aliphatic heterocycles. The number of nitrogens with one attached hydrogen (secondary N) is 1. The molecule has 1 aliphatic rings. The van der Waals surface area contributed by atoms with E-state index in [0.29, 0.717) is 33.3 Å². The number of halogens is 2. The lowest BCUT2D eigenvalue weighted by Gasteiger charge is -2.10. The number of tetrazole rings is 1. The van der Waals surface area contributed by atoms with E-state index in [4.69, 9.17) is 27.9 Å². The Balaban J connectivity index is 1.42. The van der Waals surface area contributed by atoms with E-state index in [2.05, 4.69) is 20.8 Å². The minimum absolute atomic E-state index is 0.190. The summed E-state index contributed by atoms with van der Waals surface area (Å²) in [6.45, 7) is -0.190. The first-order valence-corrected chi connectivity index (χ1v) is 9.12. The van der Waals surface area contributed by atoms with Crippen molar-refractivity contribution in [1.29, 1.82) is 0 Å². The molecule has 1 fully saturated rings. The van der Waals surface area contributed by atoms with E-state index in [1.165, 1.54) is 0 Å². The van der Waals surface area contributed by atoms with Crippen LogP contribution in [-0.4, -0.2) is 32.7 Å². The number of aromatic nitrogens is 4. The molecule has 1 saturated carbocycles. The predicted molar refractivity (Wildman–Crippen MR) is 102 cm³/mol. The smallest absolute Gasteiger partial charge is 0.262 e. The first-order valence-electron chi connectivity index (χ1n) is 8.36. The number of carbonyl (C=O) groups is 1. The number of hydrogen-bond acceptors (Lipinski definition) is 5. The number of benzene rings is 2. The fourth-order valence-electron chi connectivity index (χ4n) is 2.61. The third kappa shape index (κ3) is 4.20. The van der Waals surface area contributed by atoms with Crippen molar-refractivity contribution >= 4 is 34.8 Å². The first-order chi connectivity index (χ1) is 13.1. The normalized spacial score (nSPS) is 13.4. The zero-order valence-corrected chi connectivity index (χ0v) is 15.6. The van der Waals surface area contributed by atoms with Gasteiger partial charge in [0.2, 0.25) is 0 Å². The van der Waals surface area contributed by atoms with Crippen LogP contribution < -0.4 is 10.1 Å². The van der Waals surface area contributed by atoms with Gasteiger partial charge in [0, 0.05) is 22.3 Å². The van der Waals surface area contributed by atoms with Crippen LogP contribution in [0.5, 0.6) is 5.75 Å². The molecular formula is C18H15Cl2N5O2. The lowest BCUT2D eigenvalue weighted by Crippen LogP contribution is -2.20. The molecule has 3 aromatic rings. The highest BCUT2D eigenvalue weighted by Crippen LogP contribution is 2.36. The zero-order valence-electron chi connectivity index (χ0n) is 14.1. The maximum Gasteiger partial charge on any atom is 0.262 e. The van der Waals surface area contributed by atoms with Crippen LogP contribution in [-0.2, 0) is 4.79 Å². The van der Waals surface area contributed by atoms with Crippen molar-refractivity contribution in [2.24, 2.45) is 0 Å². The summed E-state index contributed by atoms with van der Waals surface area (Å²) in [5, 5.41) is 15.6. The minimum atomic E-state index is -0.315. The Bertz CT molecular complexity index is 987. The van der Waals surface area contributed by atoms with Crippen molar-refractivity contribution in [2.45, 2.75) is 18.9 Å². The van der Waals surface area contributed by atoms with Crippen LogP contribution in [0.3, 0.4) is 0 Å². The monoisotopic (exact) mass is 403 g/mol. The predicted octanol–water partition coefficient (Wildman–Crippen LogP) is 4.00. The molecule has 0 bridgehead atoms. The molecular weight excluding hydrogens is 389 g/mol. The van der Waals surface area contributed by atoms with Crippen LogP contribution in [0.4, 0.5) is 5.69 Å². The van der Waals surface area contributed by atoms with Crippen molar-refractivity contribution in [3.05, 3.63) is 52.5 Å². The average Bonchev–Trinajstić information content (AvgIpc) is 3.39. The molecule has 0 saturated heterocycles. The number of hydrogen-bond donors (Lipinski definition) is 1. The van der Waals surface area contributed by atoms with Gasteiger partial charge in [0.15, 0.2) is 12.4 Å². The highest BCUT2D eigenvalue weighted by Gasteiger charge is 2.28. The van der Waals surface area contributed by atoms with E-state index in [1.54, 1.807) is 24.3 Å². The minimum Gasteiger partial charge on any atom is -0.482 e. The molecule has 27 heavy (non-hydrogen) atoms. The maximum atomic E-state index is 12.2. The summed E-state index contributed by atoms with van der Waals surface area (Å²) in [6, 6.07) is 12.6. The topological polar surface area (TPSA) is 81.9 Å². The molecule has 138 valence electrons. The Kier molecular flexibility index (Phi) is 4.96. The highest BCUT2D eigenvalue weighted by atomic mass is 35.5. The molecule has 0 spiro atoms. The van der Waals surface area contributed by atoms with E-state index in [0.717, 1.165) is 18.4 Å². The Morgan fingerprint density at radius 2 is 2.07 bits per heavy atom. The molecule has 1 aromatic heterocycles. The third-order valence-corrected chi connectivity index (χ3v) is 4.59. The molecule has 4 rings (SSSR count). The van der Waals surface area contributed by atoms with Gasteiger partial charge in [-0.2, -0.15) is 0 Å². The first kappa shape index (κ1) is 17.8. The number of amides is 1. The van der Waals surface area contributed by atoms with E-state index in [9.17, 15) is 4.79 Å². The van der Waals surface area contributed by atoms with Crippen LogP contribution in [0.1, 0.15) is 18.9 Å². The fraction of sp³-hybridized carbons (Fsp3) is 0.222. The quantitative estimate of drug-likeness (QED) is 0.672. The molecule has 1 heterocycles. The summed E-state index contributed by atoms with van der Waals surface area (Å²) in [7, 11) is 0. The van der Waals surface area contributed by atoms with Crippen LogP contribution >= 0.6 is 23.2 Å². The van der Waals surface area contributed by atoms with Gasteiger partial charge in [-0.25, -0.2) is 4.68 Å². The van der Waals surface area contributed by atoms with E-state index >= 15 is 0 Å². The van der Waals surface area contributed by atoms with Crippen LogP contribution in [0.2, 0.25) is 10.0 Å². The van der Waals surface area contributed by atoms with Gasteiger partial charge in [-0.1, -0.05) is 35.3 Å². The molecule has 0 radical (unpaired) electrons. The maximum absolute atomic E-state index is 12.2. The Hall–Kier alpha value is -2.64. The number of carbonyl (C=O) groups excluding carboxylic acids is 1. The summed E-state index contributed by atoms with van der Waals surface area (Å²) in [5.74, 6) is 0.734. The molecule has 2 aromatic carbocycles. The van der Waals surface area contributed by atoms with Crippen LogP contribution in [0, 0.1) is 0 Å². The summed E-state index contributed by atoms with van der Waals surface area (Å²) in [4.78, 5) is 12.2. The van der Waals surface area contributed by atoms with E-state index < -0.39 is 0 Å². The Morgan fingerprint density at radius 1 is 1.22 bits per heavy atom. The van der Waals surface area contributed by atoms with E-state index in [1.807, 2.05) is 22.9 Å². The Labute approximate surface area is 165 Å². The second-order valence-corrected chi connectivity index (χ2v) is 7.01. The lowest BCUT2D eigenvalue weighted by molar-refractivity contribution is -0.118. The van der Waals surface area contributed by atoms with Gasteiger partial charge in [0.05, 0.1) is 11.1 Å². The number of anilines is 1. The second-order valence-electron chi connectivity index (χ2n) is 6.17. The highest BCUT2D eigenvalue weighted by molar-refractivity contribution is 6.34. The van der Waals surface area contributed by atoms with Gasteiger partial charge in [-0.05, 0) is 47.5 Å². The fourth-order valence-corrected chi connectivity index (χ4v) is 2.95. The molecule has 1 aliphatic carbocycles. The second kappa shape index (κ2) is 7.54. The number of nitrogens with zero attached hydrogens (tertiary/aromatic N) is 4. The SMILES string of the molecule is O=C(COc1cc(Cl)ccc1Cl)Nc1cccc(-c2nnnn2C2CC2)c1. The lowest BCUT2D eigenvalue weighted by atomic mass is 10.2.